The zero-order valence-corrected chi connectivity index (χ0v) is 11.3. The SMILES string of the molecule is COC(=O)CC1(C(=O)OC)C=CC=C1c1ccncc1. The van der Waals surface area contributed by atoms with E-state index in [2.05, 4.69) is 4.98 Å². The Morgan fingerprint density at radius 3 is 2.50 bits per heavy atom. The summed E-state index contributed by atoms with van der Waals surface area (Å²) in [7, 11) is 2.60. The molecule has 0 saturated carbocycles. The number of ether oxygens (including phenoxy) is 2. The Hall–Kier alpha value is -2.43. The maximum Gasteiger partial charge on any atom is 0.320 e. The lowest BCUT2D eigenvalue weighted by atomic mass is 9.76. The van der Waals surface area contributed by atoms with Crippen molar-refractivity contribution in [2.75, 3.05) is 14.2 Å². The third kappa shape index (κ3) is 2.34. The molecule has 1 atom stereocenters. The molecule has 20 heavy (non-hydrogen) atoms. The van der Waals surface area contributed by atoms with Gasteiger partial charge in [-0.3, -0.25) is 14.6 Å². The number of carbonyl (C=O) groups is 2. The second-order valence-electron chi connectivity index (χ2n) is 4.39. The summed E-state index contributed by atoms with van der Waals surface area (Å²) in [6, 6.07) is 3.57. The lowest BCUT2D eigenvalue weighted by Gasteiger charge is -2.27. The molecule has 1 unspecified atom stereocenters. The Balaban J connectivity index is 2.46. The summed E-state index contributed by atoms with van der Waals surface area (Å²) >= 11 is 0. The molecule has 104 valence electrons. The van der Waals surface area contributed by atoms with Gasteiger partial charge in [0.05, 0.1) is 20.6 Å². The third-order valence-electron chi connectivity index (χ3n) is 3.32. The number of pyridine rings is 1. The molecule has 0 spiro atoms. The minimum atomic E-state index is -1.14. The Labute approximate surface area is 116 Å². The fraction of sp³-hybridized carbons (Fsp3) is 0.267. The van der Waals surface area contributed by atoms with Crippen molar-refractivity contribution in [2.45, 2.75) is 6.42 Å². The lowest BCUT2D eigenvalue weighted by molar-refractivity contribution is -0.153. The monoisotopic (exact) mass is 273 g/mol. The van der Waals surface area contributed by atoms with Gasteiger partial charge in [0, 0.05) is 12.4 Å². The quantitative estimate of drug-likeness (QED) is 0.782. The van der Waals surface area contributed by atoms with Gasteiger partial charge in [-0.2, -0.15) is 0 Å². The molecule has 0 N–H and O–H groups in total. The summed E-state index contributed by atoms with van der Waals surface area (Å²) in [6.07, 6.45) is 8.39. The van der Waals surface area contributed by atoms with Gasteiger partial charge >= 0.3 is 11.9 Å². The number of carbonyl (C=O) groups excluding carboxylic acids is 2. The molecule has 1 heterocycles. The van der Waals surface area contributed by atoms with Crippen molar-refractivity contribution in [1.29, 1.82) is 0 Å². The number of methoxy groups -OCH3 is 2. The second kappa shape index (κ2) is 5.69. The highest BCUT2D eigenvalue weighted by Gasteiger charge is 2.45. The molecule has 5 heteroatoms. The highest BCUT2D eigenvalue weighted by atomic mass is 16.5. The summed E-state index contributed by atoms with van der Waals surface area (Å²) < 4.78 is 9.58. The van der Waals surface area contributed by atoms with E-state index in [1.165, 1.54) is 14.2 Å². The molecule has 1 aromatic heterocycles. The molecule has 0 aromatic carbocycles. The van der Waals surface area contributed by atoms with Gasteiger partial charge in [-0.25, -0.2) is 0 Å². The molecule has 0 fully saturated rings. The van der Waals surface area contributed by atoms with Crippen LogP contribution in [0.2, 0.25) is 0 Å². The number of esters is 2. The van der Waals surface area contributed by atoms with Crippen molar-refractivity contribution in [3.63, 3.8) is 0 Å². The predicted octanol–water partition coefficient (Wildman–Crippen LogP) is 1.76. The molecule has 0 bridgehead atoms. The summed E-state index contributed by atoms with van der Waals surface area (Å²) in [5.41, 5.74) is 0.389. The molecule has 5 nitrogen and oxygen atoms in total. The maximum atomic E-state index is 12.2. The van der Waals surface area contributed by atoms with Crippen LogP contribution in [0.5, 0.6) is 0 Å². The first-order chi connectivity index (χ1) is 9.64. The molecule has 1 aromatic rings. The summed E-state index contributed by atoms with van der Waals surface area (Å²) in [6.45, 7) is 0. The summed E-state index contributed by atoms with van der Waals surface area (Å²) in [5, 5.41) is 0. The summed E-state index contributed by atoms with van der Waals surface area (Å²) in [4.78, 5) is 27.9. The first-order valence-electron chi connectivity index (χ1n) is 6.09. The normalized spacial score (nSPS) is 20.4. The molecular formula is C15H15NO4. The van der Waals surface area contributed by atoms with E-state index in [0.717, 1.165) is 5.56 Å². The Bertz CT molecular complexity index is 577. The van der Waals surface area contributed by atoms with E-state index in [1.807, 2.05) is 0 Å². The van der Waals surface area contributed by atoms with Gasteiger partial charge in [-0.05, 0) is 23.3 Å². The number of rotatable bonds is 4. The van der Waals surface area contributed by atoms with Gasteiger partial charge in [0.25, 0.3) is 0 Å². The molecule has 0 saturated heterocycles. The highest BCUT2D eigenvalue weighted by Crippen LogP contribution is 2.44. The lowest BCUT2D eigenvalue weighted by Crippen LogP contribution is -2.33. The van der Waals surface area contributed by atoms with Crippen LogP contribution in [-0.2, 0) is 19.1 Å². The van der Waals surface area contributed by atoms with Gasteiger partial charge in [0.15, 0.2) is 0 Å². The van der Waals surface area contributed by atoms with Crippen LogP contribution in [-0.4, -0.2) is 31.1 Å². The Morgan fingerprint density at radius 1 is 1.20 bits per heavy atom. The van der Waals surface area contributed by atoms with Gasteiger partial charge in [-0.1, -0.05) is 18.2 Å². The van der Waals surface area contributed by atoms with Crippen LogP contribution < -0.4 is 0 Å². The summed E-state index contributed by atoms with van der Waals surface area (Å²) in [5.74, 6) is -0.957. The largest absolute Gasteiger partial charge is 0.469 e. The van der Waals surface area contributed by atoms with Gasteiger partial charge in [0.2, 0.25) is 0 Å². The van der Waals surface area contributed by atoms with Gasteiger partial charge in [0.1, 0.15) is 5.41 Å². The first-order valence-corrected chi connectivity index (χ1v) is 6.09. The maximum absolute atomic E-state index is 12.2. The van der Waals surface area contributed by atoms with Crippen molar-refractivity contribution in [1.82, 2.24) is 4.98 Å². The van der Waals surface area contributed by atoms with E-state index in [-0.39, 0.29) is 6.42 Å². The number of nitrogens with zero attached hydrogens (tertiary/aromatic N) is 1. The molecule has 2 rings (SSSR count). The minimum Gasteiger partial charge on any atom is -0.469 e. The van der Waals surface area contributed by atoms with Crippen molar-refractivity contribution < 1.29 is 19.1 Å². The number of aromatic nitrogens is 1. The topological polar surface area (TPSA) is 65.5 Å². The van der Waals surface area contributed by atoms with Crippen molar-refractivity contribution in [2.24, 2.45) is 5.41 Å². The van der Waals surface area contributed by atoms with Crippen LogP contribution in [0, 0.1) is 5.41 Å². The molecular weight excluding hydrogens is 258 g/mol. The van der Waals surface area contributed by atoms with Crippen molar-refractivity contribution in [3.05, 3.63) is 48.3 Å². The van der Waals surface area contributed by atoms with E-state index in [0.29, 0.717) is 5.57 Å². The molecule has 0 aliphatic heterocycles. The van der Waals surface area contributed by atoms with E-state index < -0.39 is 17.4 Å². The molecule has 0 amide bonds. The number of hydrogen-bond donors (Lipinski definition) is 0. The van der Waals surface area contributed by atoms with E-state index in [9.17, 15) is 9.59 Å². The van der Waals surface area contributed by atoms with Crippen LogP contribution in [0.25, 0.3) is 5.57 Å². The number of hydrogen-bond acceptors (Lipinski definition) is 5. The van der Waals surface area contributed by atoms with Crippen molar-refractivity contribution >= 4 is 17.5 Å². The first kappa shape index (κ1) is 14.0. The van der Waals surface area contributed by atoms with E-state index in [4.69, 9.17) is 9.47 Å². The molecule has 0 radical (unpaired) electrons. The van der Waals surface area contributed by atoms with Crippen molar-refractivity contribution in [3.8, 4) is 0 Å². The second-order valence-corrected chi connectivity index (χ2v) is 4.39. The molecule has 1 aliphatic carbocycles. The Kier molecular flexibility index (Phi) is 3.98. The predicted molar refractivity (Wildman–Crippen MR) is 72.4 cm³/mol. The average Bonchev–Trinajstić information content (AvgIpc) is 2.91. The fourth-order valence-corrected chi connectivity index (χ4v) is 2.32. The molecule has 1 aliphatic rings. The van der Waals surface area contributed by atoms with Gasteiger partial charge < -0.3 is 9.47 Å². The third-order valence-corrected chi connectivity index (χ3v) is 3.32. The zero-order valence-electron chi connectivity index (χ0n) is 11.3. The standard InChI is InChI=1S/C15H15NO4/c1-19-13(17)10-15(14(18)20-2)7-3-4-12(15)11-5-8-16-9-6-11/h3-9H,10H2,1-2H3. The zero-order chi connectivity index (χ0) is 14.6. The highest BCUT2D eigenvalue weighted by molar-refractivity contribution is 6.00. The van der Waals surface area contributed by atoms with E-state index in [1.54, 1.807) is 42.8 Å². The van der Waals surface area contributed by atoms with Crippen LogP contribution in [0.3, 0.4) is 0 Å². The van der Waals surface area contributed by atoms with E-state index >= 15 is 0 Å². The minimum absolute atomic E-state index is 0.0964. The number of allylic oxidation sites excluding steroid dienone is 2. The van der Waals surface area contributed by atoms with Crippen LogP contribution in [0.15, 0.2) is 42.8 Å². The van der Waals surface area contributed by atoms with Crippen LogP contribution in [0.1, 0.15) is 12.0 Å². The smallest absolute Gasteiger partial charge is 0.320 e. The Morgan fingerprint density at radius 2 is 1.90 bits per heavy atom. The van der Waals surface area contributed by atoms with Crippen LogP contribution in [0.4, 0.5) is 0 Å². The van der Waals surface area contributed by atoms with Gasteiger partial charge in [-0.15, -0.1) is 0 Å². The fourth-order valence-electron chi connectivity index (χ4n) is 2.32. The van der Waals surface area contributed by atoms with Crippen LogP contribution >= 0.6 is 0 Å². The average molecular weight is 273 g/mol.